The van der Waals surface area contributed by atoms with Crippen LogP contribution in [0.3, 0.4) is 0 Å². The van der Waals surface area contributed by atoms with Gasteiger partial charge in [0.1, 0.15) is 42.2 Å². The molecule has 0 radical (unpaired) electrons. The Morgan fingerprint density at radius 2 is 0.939 bits per heavy atom. The zero-order valence-corrected chi connectivity index (χ0v) is 54.0. The van der Waals surface area contributed by atoms with E-state index in [0.29, 0.717) is 57.5 Å². The van der Waals surface area contributed by atoms with E-state index in [1.165, 1.54) is 48.5 Å². The number of rotatable bonds is 16. The lowest BCUT2D eigenvalue weighted by Crippen LogP contribution is -2.51. The van der Waals surface area contributed by atoms with Crippen LogP contribution in [-0.2, 0) is 36.0 Å². The molecular weight excluding hydrogens is 1120 g/mol. The van der Waals surface area contributed by atoms with Crippen LogP contribution in [0.4, 0.5) is 22.0 Å². The maximum absolute atomic E-state index is 13.7. The van der Waals surface area contributed by atoms with Crippen molar-refractivity contribution in [3.63, 3.8) is 0 Å². The molecule has 4 heterocycles. The quantitative estimate of drug-likeness (QED) is 0.0306. The smallest absolute Gasteiger partial charge is 0.534 e. The number of halogens is 5. The minimum absolute atomic E-state index is 0.0160. The summed E-state index contributed by atoms with van der Waals surface area (Å²) in [6.45, 7) is 32.8. The number of carbonyl (C=O) groups is 2. The highest BCUT2D eigenvalue weighted by atomic mass is 32.2. The molecule has 20 heteroatoms. The summed E-state index contributed by atoms with van der Waals surface area (Å²) in [6.07, 6.45) is 4.20. The van der Waals surface area contributed by atoms with Crippen LogP contribution in [0.1, 0.15) is 143 Å². The first-order chi connectivity index (χ1) is 38.1. The van der Waals surface area contributed by atoms with Crippen molar-refractivity contribution in [3.8, 4) is 28.7 Å². The highest BCUT2D eigenvalue weighted by Gasteiger charge is 2.52. The molecule has 2 amide bonds. The number of hydrogen-bond acceptors (Lipinski definition) is 9. The Morgan fingerprint density at radius 1 is 0.573 bits per heavy atom. The third-order valence-electron chi connectivity index (χ3n) is 16.0. The molecule has 0 saturated heterocycles. The van der Waals surface area contributed by atoms with Crippen LogP contribution in [0.25, 0.3) is 21.8 Å². The molecule has 6 aromatic rings. The number of benzene rings is 4. The van der Waals surface area contributed by atoms with Gasteiger partial charge in [-0.25, -0.2) is 8.78 Å². The average molecular weight is 1200 g/mol. The molecule has 11 nitrogen and oxygen atoms in total. The number of fused-ring (bicyclic) bond motifs is 4. The third kappa shape index (κ3) is 12.4. The molecule has 0 N–H and O–H groups in total. The molecule has 2 aliphatic rings. The molecule has 0 spiro atoms. The predicted molar refractivity (Wildman–Crippen MR) is 323 cm³/mol. The maximum Gasteiger partial charge on any atom is 0.534 e. The minimum Gasteiger partial charge on any atom is -0.541 e. The van der Waals surface area contributed by atoms with E-state index in [4.69, 9.17) is 18.0 Å². The zero-order chi connectivity index (χ0) is 60.9. The van der Waals surface area contributed by atoms with Crippen molar-refractivity contribution in [1.29, 1.82) is 0 Å². The SMILES string of the molecule is CC(C)[Si](Oc1c2c(c(C#C[Si](C)(C)C)c3cc(Cc4ccc(F)cc4)cnc13)CN(C)C2=O)(C(C)C)C(C)C.CC(C)[Si](Oc1c2c(c(OS(=O)(=O)C(F)(F)F)c3cc(Cc4ccc(F)cc4)cnc13)CN(C)C2=O)(C(C)C)C(C)C. The van der Waals surface area contributed by atoms with Crippen molar-refractivity contribution < 1.29 is 53.0 Å². The second-order valence-electron chi connectivity index (χ2n) is 24.8. The number of hydrogen-bond donors (Lipinski definition) is 0. The van der Waals surface area contributed by atoms with Gasteiger partial charge in [0, 0.05) is 60.5 Å². The normalized spacial score (nSPS) is 14.1. The van der Waals surface area contributed by atoms with E-state index in [0.717, 1.165) is 27.6 Å². The van der Waals surface area contributed by atoms with Crippen LogP contribution in [0.5, 0.6) is 17.2 Å². The van der Waals surface area contributed by atoms with Crippen LogP contribution < -0.4 is 13.0 Å². The van der Waals surface area contributed by atoms with Gasteiger partial charge in [0.05, 0.1) is 17.7 Å². The monoisotopic (exact) mass is 1200 g/mol. The van der Waals surface area contributed by atoms with Crippen LogP contribution in [-0.4, -0.2) is 84.3 Å². The van der Waals surface area contributed by atoms with Crippen LogP contribution in [0.15, 0.2) is 73.1 Å². The number of carbonyl (C=O) groups excluding carboxylic acids is 2. The van der Waals surface area contributed by atoms with Gasteiger partial charge in [-0.2, -0.15) is 21.6 Å². The summed E-state index contributed by atoms with van der Waals surface area (Å²) in [5.41, 5.74) is 5.48. The molecule has 0 fully saturated rings. The number of alkyl halides is 3. The molecule has 2 aliphatic heterocycles. The van der Waals surface area contributed by atoms with Crippen LogP contribution >= 0.6 is 0 Å². The Bertz CT molecular complexity index is 3550. The Labute approximate surface area is 483 Å². The molecule has 0 atom stereocenters. The Hall–Kier alpha value is -6.15. The van der Waals surface area contributed by atoms with Gasteiger partial charge in [-0.05, 0) is 105 Å². The van der Waals surface area contributed by atoms with E-state index < -0.39 is 57.8 Å². The van der Waals surface area contributed by atoms with Crippen LogP contribution in [0.2, 0.25) is 52.9 Å². The van der Waals surface area contributed by atoms with Gasteiger partial charge in [-0.1, -0.05) is 133 Å². The summed E-state index contributed by atoms with van der Waals surface area (Å²) in [4.78, 5) is 39.8. The standard InChI is InChI=1S/C33H43FN2O2Si2.C29H34F4N2O5SSi/c1-21(2)40(22(3)4,23(5)6)38-32-30-29(20-36(7)33(30)37)27(15-16-39(8,9)10)28-18-25(19-35-31(28)32)17-24-11-13-26(34)14-12-24;1-16(2)42(17(3)4,18(5)6)40-27-24-23(15-35(7)28(24)36)26(39-41(37,38)29(31,32)33)22-13-20(14-34-25(22)27)12-19-8-10-21(30)11-9-19/h11-14,18-19,21-23H,17,20H2,1-10H3;8-11,13-14,16-18H,12,15H2,1-7H3. The fraction of sp³-hybridized carbons (Fsp3) is 0.452. The fourth-order valence-corrected chi connectivity index (χ4v) is 23.9. The van der Waals surface area contributed by atoms with E-state index in [1.807, 2.05) is 66.9 Å². The summed E-state index contributed by atoms with van der Waals surface area (Å²) in [5.74, 6) is 2.44. The summed E-state index contributed by atoms with van der Waals surface area (Å²) < 4.78 is 111. The Kier molecular flexibility index (Phi) is 18.4. The lowest BCUT2D eigenvalue weighted by atomic mass is 9.95. The van der Waals surface area contributed by atoms with Crippen molar-refractivity contribution >= 4 is 68.4 Å². The number of nitrogens with zero attached hydrogens (tertiary/aromatic N) is 4. The molecule has 0 unspecified atom stereocenters. The van der Waals surface area contributed by atoms with Gasteiger partial charge in [0.15, 0.2) is 5.75 Å². The highest BCUT2D eigenvalue weighted by molar-refractivity contribution is 7.88. The minimum atomic E-state index is -6.09. The van der Waals surface area contributed by atoms with Gasteiger partial charge >= 0.3 is 15.6 Å². The summed E-state index contributed by atoms with van der Waals surface area (Å²) in [6, 6.07) is 15.9. The lowest BCUT2D eigenvalue weighted by Gasteiger charge is -2.42. The molecule has 0 bridgehead atoms. The first-order valence-electron chi connectivity index (χ1n) is 27.9. The number of aromatic nitrogens is 2. The third-order valence-corrected chi connectivity index (χ3v) is 29.8. The van der Waals surface area contributed by atoms with Crippen molar-refractivity contribution in [3.05, 3.63) is 135 Å². The molecule has 8 rings (SSSR count). The first-order valence-corrected chi connectivity index (χ1v) is 37.1. The highest BCUT2D eigenvalue weighted by Crippen LogP contribution is 2.51. The topological polar surface area (TPSA) is 128 Å². The summed E-state index contributed by atoms with van der Waals surface area (Å²) in [5, 5.41) is 0.903. The Morgan fingerprint density at radius 3 is 1.32 bits per heavy atom. The summed E-state index contributed by atoms with van der Waals surface area (Å²) in [7, 11) is -9.64. The van der Waals surface area contributed by atoms with Gasteiger partial charge < -0.3 is 22.8 Å². The van der Waals surface area contributed by atoms with Crippen molar-refractivity contribution in [2.45, 2.75) is 167 Å². The van der Waals surface area contributed by atoms with E-state index in [2.05, 4.69) is 83.7 Å². The average Bonchev–Trinajstić information content (AvgIpc) is 2.84. The Balaban J connectivity index is 0.000000236. The lowest BCUT2D eigenvalue weighted by molar-refractivity contribution is -0.0499. The van der Waals surface area contributed by atoms with Gasteiger partial charge in [-0.15, -0.1) is 5.54 Å². The largest absolute Gasteiger partial charge is 0.541 e. The van der Waals surface area contributed by atoms with Crippen LogP contribution in [0, 0.1) is 23.1 Å². The van der Waals surface area contributed by atoms with Crippen molar-refractivity contribution in [2.75, 3.05) is 14.1 Å². The molecular formula is C62H77F5N4O7SSi3. The fourth-order valence-electron chi connectivity index (χ4n) is 12.4. The van der Waals surface area contributed by atoms with Crippen molar-refractivity contribution in [1.82, 2.24) is 19.8 Å². The predicted octanol–water partition coefficient (Wildman–Crippen LogP) is 15.7. The van der Waals surface area contributed by atoms with E-state index in [-0.39, 0.29) is 69.1 Å². The second kappa shape index (κ2) is 23.8. The first kappa shape index (κ1) is 63.4. The molecule has 0 aliphatic carbocycles. The van der Waals surface area contributed by atoms with E-state index >= 15 is 0 Å². The molecule has 440 valence electrons. The van der Waals surface area contributed by atoms with E-state index in [1.54, 1.807) is 17.0 Å². The molecule has 0 saturated carbocycles. The van der Waals surface area contributed by atoms with Gasteiger partial charge in [0.2, 0.25) is 0 Å². The number of amides is 2. The maximum atomic E-state index is 13.7. The molecule has 2 aromatic heterocycles. The van der Waals surface area contributed by atoms with Gasteiger partial charge in [0.25, 0.3) is 28.4 Å². The number of pyridine rings is 2. The second-order valence-corrected chi connectivity index (χ2v) is 41.8. The summed E-state index contributed by atoms with van der Waals surface area (Å²) >= 11 is 0. The molecule has 82 heavy (non-hydrogen) atoms. The van der Waals surface area contributed by atoms with Crippen molar-refractivity contribution in [2.24, 2.45) is 0 Å². The molecule has 4 aromatic carbocycles. The van der Waals surface area contributed by atoms with Gasteiger partial charge in [-0.3, -0.25) is 19.6 Å². The zero-order valence-electron chi connectivity index (χ0n) is 50.2. The van der Waals surface area contributed by atoms with E-state index in [9.17, 15) is 40.0 Å².